The number of hydrogen-bond acceptors (Lipinski definition) is 5. The van der Waals surface area contributed by atoms with Crippen LogP contribution in [0.4, 0.5) is 0 Å². The monoisotopic (exact) mass is 387 g/mol. The number of nitrogens with zero attached hydrogens (tertiary/aromatic N) is 5. The lowest BCUT2D eigenvalue weighted by Crippen LogP contribution is -2.24. The van der Waals surface area contributed by atoms with E-state index in [9.17, 15) is 4.79 Å². The number of pyridine rings is 1. The first-order valence-corrected chi connectivity index (χ1v) is 9.30. The molecular weight excluding hydrogens is 366 g/mol. The van der Waals surface area contributed by atoms with Crippen LogP contribution in [0.2, 0.25) is 0 Å². The maximum Gasteiger partial charge on any atom is 0.274 e. The van der Waals surface area contributed by atoms with Gasteiger partial charge in [-0.2, -0.15) is 5.10 Å². The van der Waals surface area contributed by atoms with Gasteiger partial charge in [-0.05, 0) is 31.5 Å². The Morgan fingerprint density at radius 3 is 2.55 bits per heavy atom. The van der Waals surface area contributed by atoms with Crippen molar-refractivity contribution in [3.05, 3.63) is 83.1 Å². The minimum atomic E-state index is -0.281. The smallest absolute Gasteiger partial charge is 0.274 e. The molecule has 3 heterocycles. The summed E-state index contributed by atoms with van der Waals surface area (Å²) in [4.78, 5) is 17.0. The van der Waals surface area contributed by atoms with Crippen molar-refractivity contribution in [2.24, 2.45) is 0 Å². The average Bonchev–Trinajstić information content (AvgIpc) is 3.31. The standard InChI is InChI=1S/C21H21N7O/c1-14-18(15(2)25-24-14)12-23-21(29)19-20(17-8-10-22-11-9-17)28(27-26-19)13-16-6-4-3-5-7-16/h3-11H,12-13H2,1-2H3,(H,23,29)(H,24,25). The molecule has 0 unspecified atom stereocenters. The Kier molecular flexibility index (Phi) is 5.15. The molecule has 0 fully saturated rings. The number of aromatic nitrogens is 6. The molecule has 146 valence electrons. The van der Waals surface area contributed by atoms with Gasteiger partial charge in [0, 0.05) is 35.8 Å². The third-order valence-electron chi connectivity index (χ3n) is 4.79. The molecule has 4 aromatic rings. The summed E-state index contributed by atoms with van der Waals surface area (Å²) in [5.41, 5.74) is 5.63. The molecule has 1 amide bonds. The van der Waals surface area contributed by atoms with E-state index >= 15 is 0 Å². The molecule has 0 saturated heterocycles. The van der Waals surface area contributed by atoms with Crippen LogP contribution in [-0.2, 0) is 13.1 Å². The second-order valence-corrected chi connectivity index (χ2v) is 6.76. The first kappa shape index (κ1) is 18.5. The summed E-state index contributed by atoms with van der Waals surface area (Å²) in [6.45, 7) is 4.72. The maximum atomic E-state index is 12.9. The Morgan fingerprint density at radius 2 is 1.86 bits per heavy atom. The molecule has 0 atom stereocenters. The number of carbonyl (C=O) groups excluding carboxylic acids is 1. The van der Waals surface area contributed by atoms with Crippen molar-refractivity contribution in [1.29, 1.82) is 0 Å². The number of hydrogen-bond donors (Lipinski definition) is 2. The van der Waals surface area contributed by atoms with Crippen LogP contribution in [0.25, 0.3) is 11.3 Å². The number of aryl methyl sites for hydroxylation is 2. The van der Waals surface area contributed by atoms with Gasteiger partial charge in [-0.25, -0.2) is 4.68 Å². The minimum absolute atomic E-state index is 0.281. The molecule has 8 heteroatoms. The first-order valence-electron chi connectivity index (χ1n) is 9.30. The first-order chi connectivity index (χ1) is 14.1. The van der Waals surface area contributed by atoms with Crippen LogP contribution in [0, 0.1) is 13.8 Å². The molecule has 0 aliphatic rings. The zero-order valence-electron chi connectivity index (χ0n) is 16.3. The highest BCUT2D eigenvalue weighted by Gasteiger charge is 2.22. The van der Waals surface area contributed by atoms with Crippen LogP contribution in [0.5, 0.6) is 0 Å². The van der Waals surface area contributed by atoms with Gasteiger partial charge in [-0.15, -0.1) is 5.10 Å². The van der Waals surface area contributed by atoms with Crippen molar-refractivity contribution in [2.45, 2.75) is 26.9 Å². The van der Waals surface area contributed by atoms with Gasteiger partial charge in [-0.1, -0.05) is 35.5 Å². The molecule has 0 spiro atoms. The van der Waals surface area contributed by atoms with E-state index in [1.54, 1.807) is 17.1 Å². The zero-order chi connectivity index (χ0) is 20.2. The quantitative estimate of drug-likeness (QED) is 0.530. The van der Waals surface area contributed by atoms with Gasteiger partial charge in [0.1, 0.15) is 5.69 Å². The molecule has 4 rings (SSSR count). The number of aromatic amines is 1. The lowest BCUT2D eigenvalue weighted by Gasteiger charge is -2.09. The van der Waals surface area contributed by atoms with Crippen molar-refractivity contribution in [2.75, 3.05) is 0 Å². The Hall–Kier alpha value is -3.81. The van der Waals surface area contributed by atoms with Gasteiger partial charge in [0.25, 0.3) is 5.91 Å². The average molecular weight is 387 g/mol. The van der Waals surface area contributed by atoms with Gasteiger partial charge in [0.2, 0.25) is 0 Å². The maximum absolute atomic E-state index is 12.9. The van der Waals surface area contributed by atoms with Crippen molar-refractivity contribution in [1.82, 2.24) is 35.5 Å². The van der Waals surface area contributed by atoms with E-state index < -0.39 is 0 Å². The number of nitrogens with one attached hydrogen (secondary N) is 2. The molecule has 0 saturated carbocycles. The number of carbonyl (C=O) groups is 1. The molecule has 0 aliphatic heterocycles. The SMILES string of the molecule is Cc1n[nH]c(C)c1CNC(=O)c1nnn(Cc2ccccc2)c1-c1ccncc1. The normalized spacial score (nSPS) is 10.8. The van der Waals surface area contributed by atoms with Crippen LogP contribution >= 0.6 is 0 Å². The fourth-order valence-electron chi connectivity index (χ4n) is 3.22. The zero-order valence-corrected chi connectivity index (χ0v) is 16.3. The molecule has 0 bridgehead atoms. The summed E-state index contributed by atoms with van der Waals surface area (Å²) in [6, 6.07) is 13.6. The van der Waals surface area contributed by atoms with Gasteiger partial charge < -0.3 is 5.32 Å². The predicted molar refractivity (Wildman–Crippen MR) is 108 cm³/mol. The topological polar surface area (TPSA) is 101 Å². The number of H-pyrrole nitrogens is 1. The molecule has 1 aromatic carbocycles. The summed E-state index contributed by atoms with van der Waals surface area (Å²) in [5.74, 6) is -0.281. The second-order valence-electron chi connectivity index (χ2n) is 6.76. The summed E-state index contributed by atoms with van der Waals surface area (Å²) in [6.07, 6.45) is 3.38. The van der Waals surface area contributed by atoms with Gasteiger partial charge in [0.05, 0.1) is 12.2 Å². The molecule has 0 aliphatic carbocycles. The van der Waals surface area contributed by atoms with E-state index in [1.165, 1.54) is 0 Å². The Balaban J connectivity index is 1.65. The van der Waals surface area contributed by atoms with Crippen molar-refractivity contribution >= 4 is 5.91 Å². The third kappa shape index (κ3) is 3.91. The molecule has 0 radical (unpaired) electrons. The highest BCUT2D eigenvalue weighted by molar-refractivity contribution is 5.98. The number of amides is 1. The van der Waals surface area contributed by atoms with E-state index in [4.69, 9.17) is 0 Å². The van der Waals surface area contributed by atoms with Crippen molar-refractivity contribution < 1.29 is 4.79 Å². The summed E-state index contributed by atoms with van der Waals surface area (Å²) in [5, 5.41) is 18.5. The number of rotatable bonds is 6. The lowest BCUT2D eigenvalue weighted by molar-refractivity contribution is 0.0946. The van der Waals surface area contributed by atoms with Crippen LogP contribution in [0.3, 0.4) is 0 Å². The summed E-state index contributed by atoms with van der Waals surface area (Å²) >= 11 is 0. The van der Waals surface area contributed by atoms with Gasteiger partial charge in [-0.3, -0.25) is 14.9 Å². The Labute approximate surface area is 168 Å². The molecule has 2 N–H and O–H groups in total. The minimum Gasteiger partial charge on any atom is -0.346 e. The fourth-order valence-corrected chi connectivity index (χ4v) is 3.22. The number of benzene rings is 1. The van der Waals surface area contributed by atoms with E-state index in [1.807, 2.05) is 56.3 Å². The Morgan fingerprint density at radius 1 is 1.10 bits per heavy atom. The van der Waals surface area contributed by atoms with Crippen molar-refractivity contribution in [3.63, 3.8) is 0 Å². The van der Waals surface area contributed by atoms with E-state index in [2.05, 4.69) is 30.8 Å². The predicted octanol–water partition coefficient (Wildman–Crippen LogP) is 2.66. The van der Waals surface area contributed by atoms with Crippen LogP contribution in [0.1, 0.15) is 33.0 Å². The highest BCUT2D eigenvalue weighted by Crippen LogP contribution is 2.23. The molecule has 3 aromatic heterocycles. The van der Waals surface area contributed by atoms with Crippen LogP contribution in [0.15, 0.2) is 54.9 Å². The molecule has 8 nitrogen and oxygen atoms in total. The largest absolute Gasteiger partial charge is 0.346 e. The second kappa shape index (κ2) is 8.05. The summed E-state index contributed by atoms with van der Waals surface area (Å²) < 4.78 is 1.74. The Bertz CT molecular complexity index is 1100. The molecule has 29 heavy (non-hydrogen) atoms. The lowest BCUT2D eigenvalue weighted by atomic mass is 10.1. The summed E-state index contributed by atoms with van der Waals surface area (Å²) in [7, 11) is 0. The third-order valence-corrected chi connectivity index (χ3v) is 4.79. The van der Waals surface area contributed by atoms with Crippen molar-refractivity contribution in [3.8, 4) is 11.3 Å². The van der Waals surface area contributed by atoms with E-state index in [0.29, 0.717) is 18.8 Å². The molecular formula is C21H21N7O. The van der Waals surface area contributed by atoms with E-state index in [-0.39, 0.29) is 11.6 Å². The van der Waals surface area contributed by atoms with Gasteiger partial charge >= 0.3 is 0 Å². The highest BCUT2D eigenvalue weighted by atomic mass is 16.2. The fraction of sp³-hybridized carbons (Fsp3) is 0.190. The van der Waals surface area contributed by atoms with Gasteiger partial charge in [0.15, 0.2) is 5.69 Å². The van der Waals surface area contributed by atoms with Crippen LogP contribution in [-0.4, -0.2) is 36.1 Å². The van der Waals surface area contributed by atoms with E-state index in [0.717, 1.165) is 28.1 Å². The van der Waals surface area contributed by atoms with Crippen LogP contribution < -0.4 is 5.32 Å².